The average Bonchev–Trinajstić information content (AvgIpc) is 2.62. The van der Waals surface area contributed by atoms with Crippen molar-refractivity contribution in [2.45, 2.75) is 52.2 Å². The molecule has 1 heterocycles. The van der Waals surface area contributed by atoms with Gasteiger partial charge in [-0.2, -0.15) is 0 Å². The molecule has 0 aliphatic carbocycles. The van der Waals surface area contributed by atoms with Crippen LogP contribution in [0, 0.1) is 0 Å². The summed E-state index contributed by atoms with van der Waals surface area (Å²) in [6.07, 6.45) is -3.85. The Bertz CT molecular complexity index is 720. The van der Waals surface area contributed by atoms with Crippen LogP contribution in [-0.2, 0) is 39.9 Å². The molecule has 1 fully saturated rings. The predicted octanol–water partition coefficient (Wildman–Crippen LogP) is 1.78. The largest absolute Gasteiger partial charge is 0.458 e. The Hall–Kier alpha value is -3.10. The summed E-state index contributed by atoms with van der Waals surface area (Å²) in [7, 11) is 0. The Morgan fingerprint density at radius 2 is 1.54 bits per heavy atom. The minimum absolute atomic E-state index is 0.0224. The van der Waals surface area contributed by atoms with Crippen LogP contribution in [0.25, 0.3) is 0 Å². The van der Waals surface area contributed by atoms with Crippen LogP contribution in [0.4, 0.5) is 4.79 Å². The number of carbonyl (C=O) groups is 4. The van der Waals surface area contributed by atoms with E-state index in [4.69, 9.17) is 18.9 Å². The van der Waals surface area contributed by atoms with Crippen LogP contribution in [0.15, 0.2) is 30.3 Å². The Morgan fingerprint density at radius 1 is 0.929 bits per heavy atom. The summed E-state index contributed by atoms with van der Waals surface area (Å²) < 4.78 is 20.9. The van der Waals surface area contributed by atoms with Crippen molar-refractivity contribution >= 4 is 24.0 Å². The lowest BCUT2D eigenvalue weighted by atomic mass is 10.0. The third-order valence-electron chi connectivity index (χ3n) is 3.95. The molecular weight excluding hydrogens is 370 g/mol. The Kier molecular flexibility index (Phi) is 7.36. The quantitative estimate of drug-likeness (QED) is 0.550. The molecular formula is C19H23NO8. The first-order valence-corrected chi connectivity index (χ1v) is 8.77. The molecule has 1 amide bonds. The maximum Gasteiger partial charge on any atom is 0.413 e. The maximum absolute atomic E-state index is 12.6. The zero-order valence-electron chi connectivity index (χ0n) is 16.0. The van der Waals surface area contributed by atoms with Crippen LogP contribution in [0.3, 0.4) is 0 Å². The first kappa shape index (κ1) is 21.2. The maximum atomic E-state index is 12.6. The number of benzene rings is 1. The molecule has 0 N–H and O–H groups in total. The van der Waals surface area contributed by atoms with Gasteiger partial charge >= 0.3 is 24.0 Å². The van der Waals surface area contributed by atoms with Crippen LogP contribution in [-0.4, -0.2) is 53.9 Å². The third kappa shape index (κ3) is 5.97. The SMILES string of the molecule is CC(=O)OC1CCN(C(=O)OCc2ccccc2)C(OC(C)=O)C1OC(C)=O. The lowest BCUT2D eigenvalue weighted by molar-refractivity contribution is -0.208. The van der Waals surface area contributed by atoms with Crippen LogP contribution < -0.4 is 0 Å². The molecule has 1 aliphatic heterocycles. The number of carbonyl (C=O) groups excluding carboxylic acids is 4. The molecule has 0 spiro atoms. The zero-order valence-corrected chi connectivity index (χ0v) is 16.0. The van der Waals surface area contributed by atoms with Crippen LogP contribution in [0.5, 0.6) is 0 Å². The number of hydrogen-bond acceptors (Lipinski definition) is 8. The molecule has 3 atom stereocenters. The topological polar surface area (TPSA) is 108 Å². The molecule has 28 heavy (non-hydrogen) atoms. The molecule has 9 nitrogen and oxygen atoms in total. The van der Waals surface area contributed by atoms with Crippen molar-refractivity contribution in [3.8, 4) is 0 Å². The van der Waals surface area contributed by atoms with Crippen molar-refractivity contribution in [1.82, 2.24) is 4.90 Å². The van der Waals surface area contributed by atoms with Crippen LogP contribution in [0.2, 0.25) is 0 Å². The first-order valence-electron chi connectivity index (χ1n) is 8.77. The second kappa shape index (κ2) is 9.72. The number of amides is 1. The summed E-state index contributed by atoms with van der Waals surface area (Å²) in [5, 5.41) is 0. The number of ether oxygens (including phenoxy) is 4. The van der Waals surface area contributed by atoms with Gasteiger partial charge in [-0.3, -0.25) is 19.3 Å². The lowest BCUT2D eigenvalue weighted by Gasteiger charge is -2.42. The average molecular weight is 393 g/mol. The van der Waals surface area contributed by atoms with Gasteiger partial charge < -0.3 is 18.9 Å². The van der Waals surface area contributed by atoms with E-state index in [-0.39, 0.29) is 19.6 Å². The fourth-order valence-electron chi connectivity index (χ4n) is 2.88. The van der Waals surface area contributed by atoms with Gasteiger partial charge in [0, 0.05) is 33.7 Å². The molecule has 2 rings (SSSR count). The normalized spacial score (nSPS) is 21.4. The van der Waals surface area contributed by atoms with Crippen molar-refractivity contribution in [3.63, 3.8) is 0 Å². The van der Waals surface area contributed by atoms with E-state index in [0.717, 1.165) is 17.4 Å². The van der Waals surface area contributed by atoms with Gasteiger partial charge in [-0.15, -0.1) is 0 Å². The van der Waals surface area contributed by atoms with Crippen molar-refractivity contribution in [3.05, 3.63) is 35.9 Å². The second-order valence-corrected chi connectivity index (χ2v) is 6.24. The van der Waals surface area contributed by atoms with Crippen molar-refractivity contribution in [1.29, 1.82) is 0 Å². The molecule has 0 radical (unpaired) electrons. The van der Waals surface area contributed by atoms with Crippen molar-refractivity contribution in [2.75, 3.05) is 6.54 Å². The van der Waals surface area contributed by atoms with Gasteiger partial charge in [0.05, 0.1) is 0 Å². The van der Waals surface area contributed by atoms with E-state index in [2.05, 4.69) is 0 Å². The number of hydrogen-bond donors (Lipinski definition) is 0. The highest BCUT2D eigenvalue weighted by molar-refractivity contribution is 5.71. The van der Waals surface area contributed by atoms with Gasteiger partial charge in [-0.1, -0.05) is 30.3 Å². The van der Waals surface area contributed by atoms with E-state index in [1.807, 2.05) is 18.2 Å². The van der Waals surface area contributed by atoms with E-state index in [9.17, 15) is 19.2 Å². The molecule has 1 aromatic carbocycles. The van der Waals surface area contributed by atoms with Gasteiger partial charge in [0.25, 0.3) is 0 Å². The molecule has 0 bridgehead atoms. The summed E-state index contributed by atoms with van der Waals surface area (Å²) in [5.74, 6) is -1.94. The van der Waals surface area contributed by atoms with Crippen LogP contribution in [0.1, 0.15) is 32.8 Å². The molecule has 152 valence electrons. The van der Waals surface area contributed by atoms with Crippen LogP contribution >= 0.6 is 0 Å². The van der Waals surface area contributed by atoms with Crippen molar-refractivity contribution < 1.29 is 38.1 Å². The van der Waals surface area contributed by atoms with Gasteiger partial charge in [-0.05, 0) is 5.56 Å². The summed E-state index contributed by atoms with van der Waals surface area (Å²) in [6, 6.07) is 9.06. The number of nitrogens with zero attached hydrogens (tertiary/aromatic N) is 1. The van der Waals surface area contributed by atoms with Gasteiger partial charge in [0.15, 0.2) is 6.10 Å². The minimum Gasteiger partial charge on any atom is -0.458 e. The molecule has 0 saturated carbocycles. The third-order valence-corrected chi connectivity index (χ3v) is 3.95. The number of rotatable bonds is 5. The van der Waals surface area contributed by atoms with Gasteiger partial charge in [0.1, 0.15) is 12.7 Å². The predicted molar refractivity (Wildman–Crippen MR) is 94.6 cm³/mol. The fraction of sp³-hybridized carbons (Fsp3) is 0.474. The van der Waals surface area contributed by atoms with E-state index in [0.29, 0.717) is 0 Å². The lowest BCUT2D eigenvalue weighted by Crippen LogP contribution is -2.60. The Labute approximate surface area is 162 Å². The molecule has 9 heteroatoms. The van der Waals surface area contributed by atoms with E-state index >= 15 is 0 Å². The molecule has 0 aromatic heterocycles. The summed E-state index contributed by atoms with van der Waals surface area (Å²) in [5.41, 5.74) is 0.784. The van der Waals surface area contributed by atoms with Gasteiger partial charge in [-0.25, -0.2) is 4.79 Å². The first-order chi connectivity index (χ1) is 13.3. The fourth-order valence-corrected chi connectivity index (χ4v) is 2.88. The molecule has 1 aromatic rings. The Balaban J connectivity index is 2.18. The van der Waals surface area contributed by atoms with Crippen molar-refractivity contribution in [2.24, 2.45) is 0 Å². The summed E-state index contributed by atoms with van der Waals surface area (Å²) in [4.78, 5) is 48.2. The highest BCUT2D eigenvalue weighted by atomic mass is 16.6. The monoisotopic (exact) mass is 393 g/mol. The summed E-state index contributed by atoms with van der Waals surface area (Å²) in [6.45, 7) is 3.65. The minimum atomic E-state index is -1.28. The highest BCUT2D eigenvalue weighted by Gasteiger charge is 2.47. The highest BCUT2D eigenvalue weighted by Crippen LogP contribution is 2.26. The number of piperidine rings is 1. The molecule has 3 unspecified atom stereocenters. The van der Waals surface area contributed by atoms with Gasteiger partial charge in [0.2, 0.25) is 6.23 Å². The number of esters is 3. The van der Waals surface area contributed by atoms with E-state index < -0.39 is 42.4 Å². The smallest absolute Gasteiger partial charge is 0.413 e. The summed E-state index contributed by atoms with van der Waals surface area (Å²) >= 11 is 0. The number of likely N-dealkylation sites (tertiary alicyclic amines) is 1. The second-order valence-electron chi connectivity index (χ2n) is 6.24. The standard InChI is InChI=1S/C19H23NO8/c1-12(21)26-16-9-10-20(18(28-14(3)23)17(16)27-13(2)22)19(24)25-11-15-7-5-4-6-8-15/h4-8,16-18H,9-11H2,1-3H3. The Morgan fingerprint density at radius 3 is 2.11 bits per heavy atom. The van der Waals surface area contributed by atoms with E-state index in [1.165, 1.54) is 13.8 Å². The molecule has 1 saturated heterocycles. The zero-order chi connectivity index (χ0) is 20.7. The molecule has 1 aliphatic rings. The van der Waals surface area contributed by atoms with E-state index in [1.54, 1.807) is 12.1 Å².